The van der Waals surface area contributed by atoms with E-state index in [9.17, 15) is 18.2 Å². The number of halogens is 2. The highest BCUT2D eigenvalue weighted by molar-refractivity contribution is 6.36. The highest BCUT2D eigenvalue weighted by Gasteiger charge is 2.23. The maximum atomic E-state index is 12.9. The van der Waals surface area contributed by atoms with Crippen molar-refractivity contribution in [2.24, 2.45) is 0 Å². The number of hydrogen-bond acceptors (Lipinski definition) is 3. The van der Waals surface area contributed by atoms with E-state index in [0.29, 0.717) is 11.1 Å². The number of esters is 1. The highest BCUT2D eigenvalue weighted by Crippen LogP contribution is 2.21. The van der Waals surface area contributed by atoms with Crippen molar-refractivity contribution in [2.45, 2.75) is 39.0 Å². The Hall–Kier alpha value is -3.22. The van der Waals surface area contributed by atoms with Gasteiger partial charge in [0.1, 0.15) is 11.5 Å². The van der Waals surface area contributed by atoms with Crippen LogP contribution in [0.25, 0.3) is 5.76 Å². The average molecular weight is 427 g/mol. The van der Waals surface area contributed by atoms with E-state index in [0.717, 1.165) is 37.0 Å². The first kappa shape index (κ1) is 24.1. The lowest BCUT2D eigenvalue weighted by Gasteiger charge is -2.09. The Labute approximate surface area is 181 Å². The summed E-state index contributed by atoms with van der Waals surface area (Å²) in [5.74, 6) is -0.751. The zero-order chi connectivity index (χ0) is 22.6. The van der Waals surface area contributed by atoms with Gasteiger partial charge in [-0.25, -0.2) is 13.4 Å². The number of benzene rings is 2. The van der Waals surface area contributed by atoms with Gasteiger partial charge < -0.3 is 9.39 Å². The zero-order valence-corrected chi connectivity index (χ0v) is 17.5. The van der Waals surface area contributed by atoms with Gasteiger partial charge in [0, 0.05) is 11.6 Å². The van der Waals surface area contributed by atoms with Gasteiger partial charge in [-0.1, -0.05) is 57.0 Å². The molecule has 0 aromatic heterocycles. The van der Waals surface area contributed by atoms with Crippen LogP contribution in [0.3, 0.4) is 0 Å². The quantitative estimate of drug-likeness (QED) is 0.0631. The second-order valence-electron chi connectivity index (χ2n) is 6.93. The van der Waals surface area contributed by atoms with Crippen LogP contribution in [0.15, 0.2) is 67.3 Å². The first-order valence-electron chi connectivity index (χ1n) is 10.2. The fourth-order valence-corrected chi connectivity index (χ4v) is 2.93. The minimum atomic E-state index is -3.03. The Morgan fingerprint density at radius 3 is 2.26 bits per heavy atom. The molecule has 0 amide bonds. The molecule has 0 atom stereocenters. The maximum Gasteiger partial charge on any atom is 0.796 e. The maximum absolute atomic E-state index is 12.9. The Morgan fingerprint density at radius 1 is 1.03 bits per heavy atom. The number of ketones is 1. The lowest BCUT2D eigenvalue weighted by atomic mass is 10.0. The number of hydrogen-bond donors (Lipinski definition) is 0. The minimum absolute atomic E-state index is 0.146. The molecule has 31 heavy (non-hydrogen) atoms. The Bertz CT molecular complexity index is 906. The normalized spacial score (nSPS) is 11.0. The van der Waals surface area contributed by atoms with E-state index in [-0.39, 0.29) is 17.3 Å². The summed E-state index contributed by atoms with van der Waals surface area (Å²) in [6.07, 6.45) is 7.70. The van der Waals surface area contributed by atoms with Gasteiger partial charge >= 0.3 is 19.2 Å². The van der Waals surface area contributed by atoms with Gasteiger partial charge in [0.05, 0.1) is 11.6 Å². The van der Waals surface area contributed by atoms with Crippen molar-refractivity contribution in [1.82, 2.24) is 0 Å². The first-order valence-corrected chi connectivity index (χ1v) is 10.2. The number of unbranched alkanes of at least 4 members (excludes halogenated alkanes) is 3. The molecule has 0 unspecified atom stereocenters. The molecule has 0 spiro atoms. The van der Waals surface area contributed by atoms with Gasteiger partial charge in [-0.15, -0.1) is 0 Å². The SMILES string of the molecule is C=CC(=O)Oc1ccc(C(=[OH+])/C=C(\OB(F)F)c2ccc(CCCCCC)cc2)cc1. The first-order chi connectivity index (χ1) is 14.9. The smallest absolute Gasteiger partial charge is 0.504 e. The third kappa shape index (κ3) is 8.20. The van der Waals surface area contributed by atoms with Crippen molar-refractivity contribution in [3.8, 4) is 5.75 Å². The minimum Gasteiger partial charge on any atom is -0.504 e. The zero-order valence-electron chi connectivity index (χ0n) is 17.5. The summed E-state index contributed by atoms with van der Waals surface area (Å²) in [5.41, 5.74) is 1.90. The summed E-state index contributed by atoms with van der Waals surface area (Å²) in [4.78, 5) is 21.6. The van der Waals surface area contributed by atoms with Crippen LogP contribution < -0.4 is 4.74 Å². The van der Waals surface area contributed by atoms with Crippen LogP contribution in [0.1, 0.15) is 49.3 Å². The summed E-state index contributed by atoms with van der Waals surface area (Å²) >= 11 is 0. The summed E-state index contributed by atoms with van der Waals surface area (Å²) in [7, 11) is -3.03. The average Bonchev–Trinajstić information content (AvgIpc) is 2.76. The summed E-state index contributed by atoms with van der Waals surface area (Å²) in [6.45, 7) is 5.47. The fourth-order valence-electron chi connectivity index (χ4n) is 2.93. The van der Waals surface area contributed by atoms with Crippen LogP contribution in [-0.2, 0) is 15.9 Å². The molecule has 0 saturated carbocycles. The fraction of sp³-hybridized carbons (Fsp3) is 0.250. The lowest BCUT2D eigenvalue weighted by molar-refractivity contribution is -0.128. The number of rotatable bonds is 12. The summed E-state index contributed by atoms with van der Waals surface area (Å²) < 4.78 is 35.5. The van der Waals surface area contributed by atoms with Crippen molar-refractivity contribution in [2.75, 3.05) is 0 Å². The molecule has 2 rings (SSSR count). The molecular formula is C24H26BF2O4+. The lowest BCUT2D eigenvalue weighted by Crippen LogP contribution is -2.07. The number of aryl methyl sites for hydroxylation is 1. The molecule has 0 radical (unpaired) electrons. The van der Waals surface area contributed by atoms with E-state index < -0.39 is 13.4 Å². The molecule has 2 aromatic rings. The summed E-state index contributed by atoms with van der Waals surface area (Å²) in [5, 5.41) is 0. The van der Waals surface area contributed by atoms with Crippen LogP contribution in [0.5, 0.6) is 5.75 Å². The van der Waals surface area contributed by atoms with E-state index >= 15 is 0 Å². The molecule has 0 heterocycles. The van der Waals surface area contributed by atoms with Crippen molar-refractivity contribution < 1.29 is 27.6 Å². The number of carbonyl (C=O) groups excluding carboxylic acids is 2. The van der Waals surface area contributed by atoms with Crippen LogP contribution in [0.4, 0.5) is 8.63 Å². The van der Waals surface area contributed by atoms with Gasteiger partial charge in [0.25, 0.3) is 0 Å². The van der Waals surface area contributed by atoms with E-state index in [1.165, 1.54) is 37.1 Å². The van der Waals surface area contributed by atoms with Crippen molar-refractivity contribution in [1.29, 1.82) is 0 Å². The second kappa shape index (κ2) is 12.5. The third-order valence-electron chi connectivity index (χ3n) is 4.58. The monoisotopic (exact) mass is 427 g/mol. The molecule has 2 aromatic carbocycles. The van der Waals surface area contributed by atoms with E-state index in [2.05, 4.69) is 18.2 Å². The molecule has 7 heteroatoms. The molecule has 162 valence electrons. The molecule has 0 aliphatic rings. The Balaban J connectivity index is 2.14. The van der Waals surface area contributed by atoms with Crippen LogP contribution in [0, 0.1) is 0 Å². The molecule has 0 aliphatic carbocycles. The second-order valence-corrected chi connectivity index (χ2v) is 6.93. The molecule has 0 saturated heterocycles. The molecule has 4 nitrogen and oxygen atoms in total. The van der Waals surface area contributed by atoms with Gasteiger partial charge in [0.15, 0.2) is 0 Å². The van der Waals surface area contributed by atoms with E-state index in [1.807, 2.05) is 12.1 Å². The predicted molar refractivity (Wildman–Crippen MR) is 120 cm³/mol. The topological polar surface area (TPSA) is 56.9 Å². The molecular weight excluding hydrogens is 401 g/mol. The summed E-state index contributed by atoms with van der Waals surface area (Å²) in [6, 6.07) is 13.1. The number of ether oxygens (including phenoxy) is 1. The van der Waals surface area contributed by atoms with Crippen LogP contribution in [-0.4, -0.2) is 24.0 Å². The molecule has 0 aliphatic heterocycles. The van der Waals surface area contributed by atoms with Crippen molar-refractivity contribution >= 4 is 25.0 Å². The Kier molecular flexibility index (Phi) is 9.68. The standard InChI is InChI=1S/C24H25BF2O4/c1-3-5-6-7-8-18-9-11-20(12-10-18)23(31-25(26)27)17-22(28)19-13-15-21(16-14-19)30-24(29)4-2/h4,9-17H,2-3,5-8H2,1H3/p+1/b23-17-. The van der Waals surface area contributed by atoms with Crippen LogP contribution in [0.2, 0.25) is 0 Å². The van der Waals surface area contributed by atoms with Crippen molar-refractivity contribution in [3.05, 3.63) is 84.0 Å². The van der Waals surface area contributed by atoms with Gasteiger partial charge in [-0.2, -0.15) is 0 Å². The van der Waals surface area contributed by atoms with Gasteiger partial charge in [-0.3, -0.25) is 4.79 Å². The van der Waals surface area contributed by atoms with Crippen molar-refractivity contribution in [3.63, 3.8) is 0 Å². The predicted octanol–water partition coefficient (Wildman–Crippen LogP) is 5.78. The van der Waals surface area contributed by atoms with Gasteiger partial charge in [0.2, 0.25) is 0 Å². The van der Waals surface area contributed by atoms with E-state index in [1.54, 1.807) is 12.1 Å². The van der Waals surface area contributed by atoms with Gasteiger partial charge in [-0.05, 0) is 42.7 Å². The number of carbonyl (C=O) groups is 1. The van der Waals surface area contributed by atoms with E-state index in [4.69, 9.17) is 4.74 Å². The third-order valence-corrected chi connectivity index (χ3v) is 4.58. The Morgan fingerprint density at radius 2 is 1.68 bits per heavy atom. The highest BCUT2D eigenvalue weighted by atomic mass is 19.2. The molecule has 0 bridgehead atoms. The largest absolute Gasteiger partial charge is 0.796 e. The molecule has 0 fully saturated rings. The van der Waals surface area contributed by atoms with Crippen LogP contribution >= 0.6 is 0 Å². The number of allylic oxidation sites excluding steroid dienone is 1. The molecule has 1 N–H and O–H groups in total.